The first-order valence-electron chi connectivity index (χ1n) is 6.54. The second kappa shape index (κ2) is 8.99. The number of benzene rings is 1. The van der Waals surface area contributed by atoms with E-state index in [0.717, 1.165) is 10.0 Å². The highest BCUT2D eigenvalue weighted by Crippen LogP contribution is 2.19. The highest BCUT2D eigenvalue weighted by molar-refractivity contribution is 9.10. The van der Waals surface area contributed by atoms with E-state index in [9.17, 15) is 14.4 Å². The van der Waals surface area contributed by atoms with Gasteiger partial charge in [-0.05, 0) is 37.6 Å². The summed E-state index contributed by atoms with van der Waals surface area (Å²) >= 11 is 3.34. The minimum Gasteiger partial charge on any atom is -0.452 e. The van der Waals surface area contributed by atoms with E-state index in [1.807, 2.05) is 19.1 Å². The molecule has 2 amide bonds. The molecule has 0 fully saturated rings. The van der Waals surface area contributed by atoms with Gasteiger partial charge in [0.05, 0.1) is 6.54 Å². The maximum atomic E-state index is 11.7. The summed E-state index contributed by atoms with van der Waals surface area (Å²) in [5, 5.41) is 5.05. The molecule has 0 aliphatic rings. The van der Waals surface area contributed by atoms with Crippen LogP contribution in [0.5, 0.6) is 0 Å². The Balaban J connectivity index is 2.36. The quantitative estimate of drug-likeness (QED) is 0.593. The summed E-state index contributed by atoms with van der Waals surface area (Å²) in [6, 6.07) is 5.44. The normalized spacial score (nSPS) is 10.3. The summed E-state index contributed by atoms with van der Waals surface area (Å²) < 4.78 is 5.57. The Hall–Kier alpha value is -2.15. The molecular weight excluding hydrogens is 352 g/mol. The molecule has 0 unspecified atom stereocenters. The zero-order valence-electron chi connectivity index (χ0n) is 12.3. The van der Waals surface area contributed by atoms with Crippen LogP contribution in [0.4, 0.5) is 5.69 Å². The van der Waals surface area contributed by atoms with Gasteiger partial charge in [-0.2, -0.15) is 0 Å². The number of amides is 2. The zero-order chi connectivity index (χ0) is 16.5. The van der Waals surface area contributed by atoms with E-state index in [2.05, 4.69) is 31.3 Å². The van der Waals surface area contributed by atoms with Crippen LogP contribution in [0.25, 0.3) is 0 Å². The molecule has 22 heavy (non-hydrogen) atoms. The van der Waals surface area contributed by atoms with Crippen molar-refractivity contribution in [2.24, 2.45) is 0 Å². The van der Waals surface area contributed by atoms with Crippen LogP contribution in [0.2, 0.25) is 0 Å². The molecule has 0 heterocycles. The van der Waals surface area contributed by atoms with Crippen molar-refractivity contribution in [1.82, 2.24) is 5.32 Å². The van der Waals surface area contributed by atoms with Crippen molar-refractivity contribution in [2.75, 3.05) is 18.5 Å². The Labute approximate surface area is 137 Å². The number of esters is 1. The van der Waals surface area contributed by atoms with Gasteiger partial charge in [-0.25, -0.2) is 4.79 Å². The summed E-state index contributed by atoms with van der Waals surface area (Å²) in [7, 11) is 0. The molecule has 0 aliphatic heterocycles. The van der Waals surface area contributed by atoms with Crippen molar-refractivity contribution in [3.8, 4) is 0 Å². The first-order chi connectivity index (χ1) is 10.4. The fourth-order valence-corrected chi connectivity index (χ4v) is 1.99. The van der Waals surface area contributed by atoms with Gasteiger partial charge in [0.15, 0.2) is 6.61 Å². The van der Waals surface area contributed by atoms with Gasteiger partial charge in [0, 0.05) is 16.2 Å². The minimum atomic E-state index is -0.604. The molecule has 0 saturated heterocycles. The smallest absolute Gasteiger partial charge is 0.330 e. The summed E-state index contributed by atoms with van der Waals surface area (Å²) in [5.41, 5.74) is 1.57. The van der Waals surface area contributed by atoms with Gasteiger partial charge in [0.25, 0.3) is 5.91 Å². The van der Waals surface area contributed by atoms with Gasteiger partial charge in [-0.1, -0.05) is 22.0 Å². The fraction of sp³-hybridized carbons (Fsp3) is 0.267. The van der Waals surface area contributed by atoms with Crippen LogP contribution in [0, 0.1) is 6.92 Å². The number of rotatable bonds is 6. The van der Waals surface area contributed by atoms with Crippen LogP contribution in [0.3, 0.4) is 0 Å². The van der Waals surface area contributed by atoms with Crippen molar-refractivity contribution < 1.29 is 19.1 Å². The molecule has 118 valence electrons. The lowest BCUT2D eigenvalue weighted by atomic mass is 10.2. The molecular formula is C15H17BrN2O4. The van der Waals surface area contributed by atoms with E-state index in [1.54, 1.807) is 13.0 Å². The van der Waals surface area contributed by atoms with E-state index in [0.29, 0.717) is 5.69 Å². The Morgan fingerprint density at radius 3 is 2.64 bits per heavy atom. The van der Waals surface area contributed by atoms with Crippen molar-refractivity contribution in [3.63, 3.8) is 0 Å². The van der Waals surface area contributed by atoms with Gasteiger partial charge in [-0.15, -0.1) is 0 Å². The lowest BCUT2D eigenvalue weighted by Crippen LogP contribution is -2.35. The Morgan fingerprint density at radius 2 is 2.00 bits per heavy atom. The Morgan fingerprint density at radius 1 is 1.27 bits per heavy atom. The third-order valence-corrected chi connectivity index (χ3v) is 3.05. The molecule has 0 aliphatic carbocycles. The summed E-state index contributed by atoms with van der Waals surface area (Å²) in [5.74, 6) is -1.51. The maximum absolute atomic E-state index is 11.7. The SMILES string of the molecule is C/C=C/C(=O)OCC(=O)NCC(=O)Nc1ccc(Br)cc1C. The van der Waals surface area contributed by atoms with E-state index >= 15 is 0 Å². The van der Waals surface area contributed by atoms with Crippen LogP contribution < -0.4 is 10.6 Å². The first kappa shape index (κ1) is 17.9. The maximum Gasteiger partial charge on any atom is 0.330 e. The molecule has 1 rings (SSSR count). The third-order valence-electron chi connectivity index (χ3n) is 2.56. The van der Waals surface area contributed by atoms with E-state index in [1.165, 1.54) is 12.2 Å². The average molecular weight is 369 g/mol. The largest absolute Gasteiger partial charge is 0.452 e. The van der Waals surface area contributed by atoms with Crippen LogP contribution >= 0.6 is 15.9 Å². The number of anilines is 1. The molecule has 7 heteroatoms. The number of allylic oxidation sites excluding steroid dienone is 1. The van der Waals surface area contributed by atoms with Crippen LogP contribution in [0.1, 0.15) is 12.5 Å². The molecule has 0 atom stereocenters. The first-order valence-corrected chi connectivity index (χ1v) is 7.34. The Bertz CT molecular complexity index is 599. The molecule has 0 aromatic heterocycles. The molecule has 0 bridgehead atoms. The van der Waals surface area contributed by atoms with E-state index in [4.69, 9.17) is 0 Å². The van der Waals surface area contributed by atoms with Crippen molar-refractivity contribution in [3.05, 3.63) is 40.4 Å². The minimum absolute atomic E-state index is 0.199. The van der Waals surface area contributed by atoms with Crippen LogP contribution in [0.15, 0.2) is 34.8 Å². The topological polar surface area (TPSA) is 84.5 Å². The molecule has 0 saturated carbocycles. The number of carbonyl (C=O) groups excluding carboxylic acids is 3. The van der Waals surface area contributed by atoms with Gasteiger partial charge in [0.2, 0.25) is 5.91 Å². The van der Waals surface area contributed by atoms with Gasteiger partial charge >= 0.3 is 5.97 Å². The predicted octanol–water partition coefficient (Wildman–Crippen LogP) is 1.93. The highest BCUT2D eigenvalue weighted by Gasteiger charge is 2.09. The summed E-state index contributed by atoms with van der Waals surface area (Å²) in [4.78, 5) is 34.2. The molecule has 1 aromatic carbocycles. The lowest BCUT2D eigenvalue weighted by Gasteiger charge is -2.09. The average Bonchev–Trinajstić information content (AvgIpc) is 2.46. The van der Waals surface area contributed by atoms with E-state index < -0.39 is 18.5 Å². The van der Waals surface area contributed by atoms with Gasteiger partial charge in [0.1, 0.15) is 0 Å². The number of aryl methyl sites for hydroxylation is 1. The van der Waals surface area contributed by atoms with Crippen molar-refractivity contribution in [1.29, 1.82) is 0 Å². The standard InChI is InChI=1S/C15H17BrN2O4/c1-3-4-15(21)22-9-14(20)17-8-13(19)18-12-6-5-11(16)7-10(12)2/h3-7H,8-9H2,1-2H3,(H,17,20)(H,18,19)/b4-3+. The monoisotopic (exact) mass is 368 g/mol. The van der Waals surface area contributed by atoms with Crippen molar-refractivity contribution >= 4 is 39.4 Å². The number of hydrogen-bond donors (Lipinski definition) is 2. The fourth-order valence-electron chi connectivity index (χ4n) is 1.51. The number of halogens is 1. The third kappa shape index (κ3) is 6.53. The molecule has 6 nitrogen and oxygen atoms in total. The Kier molecular flexibility index (Phi) is 7.31. The number of hydrogen-bond acceptors (Lipinski definition) is 4. The van der Waals surface area contributed by atoms with E-state index in [-0.39, 0.29) is 12.5 Å². The van der Waals surface area contributed by atoms with Crippen LogP contribution in [-0.4, -0.2) is 30.9 Å². The highest BCUT2D eigenvalue weighted by atomic mass is 79.9. The summed E-state index contributed by atoms with van der Waals surface area (Å²) in [6.45, 7) is 2.90. The molecule has 0 spiro atoms. The predicted molar refractivity (Wildman–Crippen MR) is 86.3 cm³/mol. The summed E-state index contributed by atoms with van der Waals surface area (Å²) in [6.07, 6.45) is 2.71. The van der Waals surface area contributed by atoms with Crippen molar-refractivity contribution in [2.45, 2.75) is 13.8 Å². The molecule has 0 radical (unpaired) electrons. The zero-order valence-corrected chi connectivity index (χ0v) is 13.9. The van der Waals surface area contributed by atoms with Gasteiger partial charge < -0.3 is 15.4 Å². The lowest BCUT2D eigenvalue weighted by molar-refractivity contribution is -0.143. The molecule has 2 N–H and O–H groups in total. The molecule has 1 aromatic rings. The second-order valence-electron chi connectivity index (χ2n) is 4.39. The number of ether oxygens (including phenoxy) is 1. The number of nitrogens with one attached hydrogen (secondary N) is 2. The number of carbonyl (C=O) groups is 3. The van der Waals surface area contributed by atoms with Crippen LogP contribution in [-0.2, 0) is 19.1 Å². The second-order valence-corrected chi connectivity index (χ2v) is 5.31. The van der Waals surface area contributed by atoms with Gasteiger partial charge in [-0.3, -0.25) is 9.59 Å².